The zero-order valence-corrected chi connectivity index (χ0v) is 8.05. The normalized spacial score (nSPS) is 22.0. The first kappa shape index (κ1) is 8.84. The van der Waals surface area contributed by atoms with Crippen LogP contribution in [0.1, 0.15) is 29.6 Å². The smallest absolute Gasteiger partial charge is 0.125 e. The highest BCUT2D eigenvalue weighted by Crippen LogP contribution is 2.30. The minimum atomic E-state index is 0.186. The van der Waals surface area contributed by atoms with Gasteiger partial charge < -0.3 is 9.53 Å². The Labute approximate surface area is 80.8 Å². The van der Waals surface area contributed by atoms with Crippen LogP contribution in [0.2, 0.25) is 0 Å². The second-order valence-corrected chi connectivity index (χ2v) is 3.94. The standard InChI is InChI=1S/C9H11NO2S/c11-4-3-7-6-13-9(10-7)8-2-1-5-12-8/h4,6,8H,1-3,5H2. The summed E-state index contributed by atoms with van der Waals surface area (Å²) in [6.07, 6.45) is 3.67. The number of rotatable bonds is 3. The van der Waals surface area contributed by atoms with Crippen LogP contribution in [0.5, 0.6) is 0 Å². The first-order valence-electron chi connectivity index (χ1n) is 4.39. The molecule has 13 heavy (non-hydrogen) atoms. The van der Waals surface area contributed by atoms with Crippen molar-refractivity contribution in [2.45, 2.75) is 25.4 Å². The summed E-state index contributed by atoms with van der Waals surface area (Å²) in [6.45, 7) is 0.841. The van der Waals surface area contributed by atoms with Gasteiger partial charge >= 0.3 is 0 Å². The van der Waals surface area contributed by atoms with Gasteiger partial charge in [-0.05, 0) is 12.8 Å². The summed E-state index contributed by atoms with van der Waals surface area (Å²) in [7, 11) is 0. The molecule has 70 valence electrons. The van der Waals surface area contributed by atoms with E-state index in [1.54, 1.807) is 11.3 Å². The number of hydrogen-bond acceptors (Lipinski definition) is 4. The van der Waals surface area contributed by atoms with Gasteiger partial charge in [-0.25, -0.2) is 4.98 Å². The molecule has 4 heteroatoms. The Hall–Kier alpha value is -0.740. The van der Waals surface area contributed by atoms with Gasteiger partial charge in [0.2, 0.25) is 0 Å². The van der Waals surface area contributed by atoms with Crippen molar-refractivity contribution in [2.24, 2.45) is 0 Å². The fourth-order valence-corrected chi connectivity index (χ4v) is 2.34. The number of carbonyl (C=O) groups excluding carboxylic acids is 1. The molecule has 2 heterocycles. The second-order valence-electron chi connectivity index (χ2n) is 3.05. The van der Waals surface area contributed by atoms with E-state index >= 15 is 0 Å². The third kappa shape index (κ3) is 1.95. The molecular formula is C9H11NO2S. The molecule has 1 aromatic heterocycles. The fraction of sp³-hybridized carbons (Fsp3) is 0.556. The molecule has 0 spiro atoms. The minimum Gasteiger partial charge on any atom is -0.371 e. The second kappa shape index (κ2) is 3.98. The highest BCUT2D eigenvalue weighted by atomic mass is 32.1. The maximum atomic E-state index is 10.2. The van der Waals surface area contributed by atoms with Gasteiger partial charge in [-0.3, -0.25) is 0 Å². The molecule has 1 saturated heterocycles. The monoisotopic (exact) mass is 197 g/mol. The van der Waals surface area contributed by atoms with E-state index in [1.165, 1.54) is 0 Å². The highest BCUT2D eigenvalue weighted by molar-refractivity contribution is 7.09. The Balaban J connectivity index is 2.07. The lowest BCUT2D eigenvalue weighted by Crippen LogP contribution is -1.95. The molecule has 0 aliphatic carbocycles. The van der Waals surface area contributed by atoms with E-state index in [0.717, 1.165) is 36.4 Å². The summed E-state index contributed by atoms with van der Waals surface area (Å²) in [5, 5.41) is 2.96. The topological polar surface area (TPSA) is 39.2 Å². The molecule has 1 aromatic rings. The lowest BCUT2D eigenvalue weighted by Gasteiger charge is -2.03. The largest absolute Gasteiger partial charge is 0.371 e. The van der Waals surface area contributed by atoms with Crippen molar-refractivity contribution in [3.05, 3.63) is 16.1 Å². The Bertz CT molecular complexity index is 292. The van der Waals surface area contributed by atoms with E-state index in [0.29, 0.717) is 6.42 Å². The van der Waals surface area contributed by atoms with Crippen molar-refractivity contribution in [3.8, 4) is 0 Å². The molecule has 1 fully saturated rings. The number of ether oxygens (including phenoxy) is 1. The van der Waals surface area contributed by atoms with Gasteiger partial charge in [-0.15, -0.1) is 11.3 Å². The Morgan fingerprint density at radius 1 is 1.77 bits per heavy atom. The zero-order chi connectivity index (χ0) is 9.10. The summed E-state index contributed by atoms with van der Waals surface area (Å²) in [6, 6.07) is 0. The molecule has 0 aromatic carbocycles. The molecule has 3 nitrogen and oxygen atoms in total. The lowest BCUT2D eigenvalue weighted by molar-refractivity contribution is -0.107. The molecule has 0 radical (unpaired) electrons. The van der Waals surface area contributed by atoms with Crippen molar-refractivity contribution in [3.63, 3.8) is 0 Å². The van der Waals surface area contributed by atoms with Crippen LogP contribution < -0.4 is 0 Å². The third-order valence-corrected chi connectivity index (χ3v) is 3.05. The van der Waals surface area contributed by atoms with Crippen LogP contribution >= 0.6 is 11.3 Å². The van der Waals surface area contributed by atoms with Crippen LogP contribution in [-0.2, 0) is 16.0 Å². The average molecular weight is 197 g/mol. The van der Waals surface area contributed by atoms with Crippen molar-refractivity contribution >= 4 is 17.6 Å². The van der Waals surface area contributed by atoms with E-state index in [-0.39, 0.29) is 6.10 Å². The number of nitrogens with zero attached hydrogens (tertiary/aromatic N) is 1. The summed E-state index contributed by atoms with van der Waals surface area (Å²) < 4.78 is 5.49. The van der Waals surface area contributed by atoms with Gasteiger partial charge in [0.15, 0.2) is 0 Å². The van der Waals surface area contributed by atoms with Crippen molar-refractivity contribution in [2.75, 3.05) is 6.61 Å². The van der Waals surface area contributed by atoms with Crippen LogP contribution in [0.25, 0.3) is 0 Å². The van der Waals surface area contributed by atoms with E-state index in [4.69, 9.17) is 4.74 Å². The molecule has 1 aliphatic rings. The van der Waals surface area contributed by atoms with Gasteiger partial charge in [-0.1, -0.05) is 0 Å². The van der Waals surface area contributed by atoms with Gasteiger partial charge in [0, 0.05) is 18.4 Å². The summed E-state index contributed by atoms with van der Waals surface area (Å²) >= 11 is 1.59. The van der Waals surface area contributed by atoms with Crippen LogP contribution in [0.15, 0.2) is 5.38 Å². The number of carbonyl (C=O) groups is 1. The molecule has 2 rings (SSSR count). The predicted molar refractivity (Wildman–Crippen MR) is 49.8 cm³/mol. The molecule has 1 aliphatic heterocycles. The molecule has 0 saturated carbocycles. The predicted octanol–water partition coefficient (Wildman–Crippen LogP) is 1.74. The van der Waals surface area contributed by atoms with Gasteiger partial charge in [0.1, 0.15) is 17.4 Å². The van der Waals surface area contributed by atoms with Crippen molar-refractivity contribution < 1.29 is 9.53 Å². The van der Waals surface area contributed by atoms with Crippen molar-refractivity contribution in [1.29, 1.82) is 0 Å². The highest BCUT2D eigenvalue weighted by Gasteiger charge is 2.20. The summed E-state index contributed by atoms with van der Waals surface area (Å²) in [5.74, 6) is 0. The Morgan fingerprint density at radius 3 is 3.38 bits per heavy atom. The number of aldehydes is 1. The van der Waals surface area contributed by atoms with Crippen LogP contribution in [0.4, 0.5) is 0 Å². The zero-order valence-electron chi connectivity index (χ0n) is 7.23. The SMILES string of the molecule is O=CCc1csc(C2CCCO2)n1. The lowest BCUT2D eigenvalue weighted by atomic mass is 10.2. The third-order valence-electron chi connectivity index (χ3n) is 2.07. The van der Waals surface area contributed by atoms with E-state index in [2.05, 4.69) is 4.98 Å². The molecule has 0 bridgehead atoms. The quantitative estimate of drug-likeness (QED) is 0.693. The average Bonchev–Trinajstić information content (AvgIpc) is 2.70. The molecule has 0 N–H and O–H groups in total. The Kier molecular flexibility index (Phi) is 2.71. The summed E-state index contributed by atoms with van der Waals surface area (Å²) in [4.78, 5) is 14.6. The molecular weight excluding hydrogens is 186 g/mol. The summed E-state index contributed by atoms with van der Waals surface area (Å²) in [5.41, 5.74) is 0.866. The first-order chi connectivity index (χ1) is 6.40. The van der Waals surface area contributed by atoms with E-state index in [9.17, 15) is 4.79 Å². The molecule has 0 amide bonds. The number of aromatic nitrogens is 1. The minimum absolute atomic E-state index is 0.186. The van der Waals surface area contributed by atoms with Gasteiger partial charge in [0.25, 0.3) is 0 Å². The fourth-order valence-electron chi connectivity index (χ4n) is 1.42. The maximum Gasteiger partial charge on any atom is 0.125 e. The van der Waals surface area contributed by atoms with E-state index in [1.807, 2.05) is 5.38 Å². The van der Waals surface area contributed by atoms with Crippen LogP contribution in [0.3, 0.4) is 0 Å². The van der Waals surface area contributed by atoms with Crippen LogP contribution in [0, 0.1) is 0 Å². The van der Waals surface area contributed by atoms with Gasteiger partial charge in [0.05, 0.1) is 5.69 Å². The maximum absolute atomic E-state index is 10.2. The number of hydrogen-bond donors (Lipinski definition) is 0. The first-order valence-corrected chi connectivity index (χ1v) is 5.27. The molecule has 1 unspecified atom stereocenters. The molecule has 1 atom stereocenters. The van der Waals surface area contributed by atoms with E-state index < -0.39 is 0 Å². The number of thiazole rings is 1. The Morgan fingerprint density at radius 2 is 2.69 bits per heavy atom. The van der Waals surface area contributed by atoms with Crippen molar-refractivity contribution in [1.82, 2.24) is 4.98 Å². The van der Waals surface area contributed by atoms with Crippen LogP contribution in [-0.4, -0.2) is 17.9 Å². The van der Waals surface area contributed by atoms with Gasteiger partial charge in [-0.2, -0.15) is 0 Å².